The first kappa shape index (κ1) is 10.5. The summed E-state index contributed by atoms with van der Waals surface area (Å²) in [5.74, 6) is 0. The molecular weight excluding hydrogens is 186 g/mol. The number of rotatable bonds is 1. The standard InChI is InChI=1S/C13H19NO/c1-9-7-10-8-11(13(2,3)15)5-6-12(10)14(9)4/h5-6,8-9,15H,7H2,1-4H3. The van der Waals surface area contributed by atoms with Gasteiger partial charge in [-0.3, -0.25) is 0 Å². The van der Waals surface area contributed by atoms with Crippen molar-refractivity contribution in [2.75, 3.05) is 11.9 Å². The maximum absolute atomic E-state index is 9.94. The number of likely N-dealkylation sites (N-methyl/N-ethyl adjacent to an activating group) is 1. The highest BCUT2D eigenvalue weighted by atomic mass is 16.3. The van der Waals surface area contributed by atoms with E-state index in [1.54, 1.807) is 0 Å². The summed E-state index contributed by atoms with van der Waals surface area (Å²) in [5, 5.41) is 9.94. The van der Waals surface area contributed by atoms with Gasteiger partial charge in [0.15, 0.2) is 0 Å². The van der Waals surface area contributed by atoms with E-state index in [4.69, 9.17) is 0 Å². The fraction of sp³-hybridized carbons (Fsp3) is 0.538. The second-order valence-corrected chi connectivity index (χ2v) is 5.07. The first-order valence-electron chi connectivity index (χ1n) is 5.48. The molecule has 1 heterocycles. The molecule has 0 radical (unpaired) electrons. The van der Waals surface area contributed by atoms with E-state index in [-0.39, 0.29) is 0 Å². The van der Waals surface area contributed by atoms with Crippen molar-refractivity contribution in [1.29, 1.82) is 0 Å². The smallest absolute Gasteiger partial charge is 0.0840 e. The molecule has 2 nitrogen and oxygen atoms in total. The van der Waals surface area contributed by atoms with Crippen LogP contribution in [0.4, 0.5) is 5.69 Å². The van der Waals surface area contributed by atoms with Gasteiger partial charge in [-0.1, -0.05) is 12.1 Å². The van der Waals surface area contributed by atoms with Crippen LogP contribution in [0.25, 0.3) is 0 Å². The number of fused-ring (bicyclic) bond motifs is 1. The van der Waals surface area contributed by atoms with E-state index in [0.29, 0.717) is 6.04 Å². The molecule has 1 atom stereocenters. The van der Waals surface area contributed by atoms with Gasteiger partial charge in [-0.2, -0.15) is 0 Å². The van der Waals surface area contributed by atoms with Crippen LogP contribution in [-0.4, -0.2) is 18.2 Å². The van der Waals surface area contributed by atoms with Crippen molar-refractivity contribution in [2.45, 2.75) is 38.8 Å². The Balaban J connectivity index is 2.42. The highest BCUT2D eigenvalue weighted by Gasteiger charge is 2.25. The molecule has 0 spiro atoms. The summed E-state index contributed by atoms with van der Waals surface area (Å²) in [4.78, 5) is 2.30. The molecule has 2 heteroatoms. The van der Waals surface area contributed by atoms with Crippen molar-refractivity contribution in [1.82, 2.24) is 0 Å². The molecule has 0 aromatic heterocycles. The minimum Gasteiger partial charge on any atom is -0.386 e. The van der Waals surface area contributed by atoms with E-state index >= 15 is 0 Å². The van der Waals surface area contributed by atoms with Gasteiger partial charge in [0.1, 0.15) is 0 Å². The lowest BCUT2D eigenvalue weighted by Crippen LogP contribution is -2.23. The quantitative estimate of drug-likeness (QED) is 0.760. The molecule has 1 aliphatic heterocycles. The molecule has 1 aliphatic rings. The van der Waals surface area contributed by atoms with Gasteiger partial charge in [-0.25, -0.2) is 0 Å². The molecule has 0 saturated heterocycles. The summed E-state index contributed by atoms with van der Waals surface area (Å²) in [6, 6.07) is 6.84. The SMILES string of the molecule is CC1Cc2cc(C(C)(C)O)ccc2N1C. The van der Waals surface area contributed by atoms with Crippen LogP contribution in [0.2, 0.25) is 0 Å². The van der Waals surface area contributed by atoms with Crippen molar-refractivity contribution in [2.24, 2.45) is 0 Å². The third kappa shape index (κ3) is 1.74. The van der Waals surface area contributed by atoms with E-state index in [1.165, 1.54) is 11.3 Å². The number of hydrogen-bond acceptors (Lipinski definition) is 2. The summed E-state index contributed by atoms with van der Waals surface area (Å²) in [6.45, 7) is 5.89. The lowest BCUT2D eigenvalue weighted by Gasteiger charge is -2.20. The Bertz CT molecular complexity index is 379. The maximum Gasteiger partial charge on any atom is 0.0840 e. The van der Waals surface area contributed by atoms with Crippen molar-refractivity contribution >= 4 is 5.69 Å². The molecule has 0 saturated carbocycles. The lowest BCUT2D eigenvalue weighted by molar-refractivity contribution is 0.0785. The molecule has 1 unspecified atom stereocenters. The number of nitrogens with zero attached hydrogens (tertiary/aromatic N) is 1. The van der Waals surface area contributed by atoms with Crippen LogP contribution < -0.4 is 4.90 Å². The second kappa shape index (κ2) is 3.24. The molecule has 0 aliphatic carbocycles. The molecule has 15 heavy (non-hydrogen) atoms. The molecular formula is C13H19NO. The summed E-state index contributed by atoms with van der Waals surface area (Å²) in [7, 11) is 2.13. The van der Waals surface area contributed by atoms with E-state index in [0.717, 1.165) is 12.0 Å². The van der Waals surface area contributed by atoms with Gasteiger partial charge in [0.25, 0.3) is 0 Å². The van der Waals surface area contributed by atoms with E-state index in [1.807, 2.05) is 19.9 Å². The van der Waals surface area contributed by atoms with Crippen molar-refractivity contribution in [3.63, 3.8) is 0 Å². The van der Waals surface area contributed by atoms with Gasteiger partial charge in [-0.05, 0) is 44.4 Å². The molecule has 1 aromatic carbocycles. The Hall–Kier alpha value is -1.02. The Morgan fingerprint density at radius 3 is 2.67 bits per heavy atom. The number of hydrogen-bond donors (Lipinski definition) is 1. The maximum atomic E-state index is 9.94. The predicted molar refractivity (Wildman–Crippen MR) is 63.3 cm³/mol. The molecule has 2 rings (SSSR count). The van der Waals surface area contributed by atoms with Crippen LogP contribution in [0, 0.1) is 0 Å². The van der Waals surface area contributed by atoms with Crippen LogP contribution in [0.1, 0.15) is 31.9 Å². The zero-order chi connectivity index (χ0) is 11.2. The van der Waals surface area contributed by atoms with Crippen molar-refractivity contribution in [3.05, 3.63) is 29.3 Å². The van der Waals surface area contributed by atoms with Crippen LogP contribution in [0.3, 0.4) is 0 Å². The molecule has 1 aromatic rings. The zero-order valence-electron chi connectivity index (χ0n) is 9.91. The van der Waals surface area contributed by atoms with Crippen LogP contribution in [0.5, 0.6) is 0 Å². The molecule has 0 bridgehead atoms. The van der Waals surface area contributed by atoms with Gasteiger partial charge in [0.2, 0.25) is 0 Å². The summed E-state index contributed by atoms with van der Waals surface area (Å²) in [5.41, 5.74) is 2.92. The number of anilines is 1. The van der Waals surface area contributed by atoms with Crippen LogP contribution in [0.15, 0.2) is 18.2 Å². The monoisotopic (exact) mass is 205 g/mol. The zero-order valence-corrected chi connectivity index (χ0v) is 9.91. The van der Waals surface area contributed by atoms with Gasteiger partial charge in [-0.15, -0.1) is 0 Å². The first-order valence-corrected chi connectivity index (χ1v) is 5.48. The van der Waals surface area contributed by atoms with E-state index in [2.05, 4.69) is 31.0 Å². The first-order chi connectivity index (χ1) is 6.89. The largest absolute Gasteiger partial charge is 0.386 e. The average molecular weight is 205 g/mol. The third-order valence-electron chi connectivity index (χ3n) is 3.34. The Kier molecular flexibility index (Phi) is 2.27. The van der Waals surface area contributed by atoms with E-state index in [9.17, 15) is 5.11 Å². The predicted octanol–water partition coefficient (Wildman–Crippen LogP) is 2.29. The normalized spacial score (nSPS) is 20.6. The summed E-state index contributed by atoms with van der Waals surface area (Å²) >= 11 is 0. The van der Waals surface area contributed by atoms with E-state index < -0.39 is 5.60 Å². The Morgan fingerprint density at radius 2 is 2.07 bits per heavy atom. The minimum absolute atomic E-state index is 0.567. The van der Waals surface area contributed by atoms with Gasteiger partial charge < -0.3 is 10.0 Å². The average Bonchev–Trinajstić information content (AvgIpc) is 2.41. The third-order valence-corrected chi connectivity index (χ3v) is 3.34. The number of aliphatic hydroxyl groups is 1. The minimum atomic E-state index is -0.737. The fourth-order valence-corrected chi connectivity index (χ4v) is 2.17. The Labute approximate surface area is 91.5 Å². The topological polar surface area (TPSA) is 23.5 Å². The summed E-state index contributed by atoms with van der Waals surface area (Å²) < 4.78 is 0. The molecule has 0 fully saturated rings. The van der Waals surface area contributed by atoms with Crippen molar-refractivity contribution in [3.8, 4) is 0 Å². The van der Waals surface area contributed by atoms with Gasteiger partial charge >= 0.3 is 0 Å². The number of benzene rings is 1. The summed E-state index contributed by atoms with van der Waals surface area (Å²) in [6.07, 6.45) is 1.08. The highest BCUT2D eigenvalue weighted by Crippen LogP contribution is 2.33. The molecule has 1 N–H and O–H groups in total. The van der Waals surface area contributed by atoms with Crippen LogP contribution in [-0.2, 0) is 12.0 Å². The molecule has 0 amide bonds. The van der Waals surface area contributed by atoms with Gasteiger partial charge in [0.05, 0.1) is 5.60 Å². The highest BCUT2D eigenvalue weighted by molar-refractivity contribution is 5.60. The Morgan fingerprint density at radius 1 is 1.40 bits per heavy atom. The fourth-order valence-electron chi connectivity index (χ4n) is 2.17. The second-order valence-electron chi connectivity index (χ2n) is 5.07. The van der Waals surface area contributed by atoms with Crippen LogP contribution >= 0.6 is 0 Å². The van der Waals surface area contributed by atoms with Gasteiger partial charge in [0, 0.05) is 18.8 Å². The lowest BCUT2D eigenvalue weighted by atomic mass is 9.95. The molecule has 82 valence electrons. The van der Waals surface area contributed by atoms with Crippen molar-refractivity contribution < 1.29 is 5.11 Å².